The molecule has 1 amide bonds. The molecule has 2 aromatic heterocycles. The zero-order chi connectivity index (χ0) is 19.7. The van der Waals surface area contributed by atoms with Gasteiger partial charge in [-0.05, 0) is 37.3 Å². The molecule has 0 radical (unpaired) electrons. The van der Waals surface area contributed by atoms with E-state index in [2.05, 4.69) is 15.0 Å². The summed E-state index contributed by atoms with van der Waals surface area (Å²) in [6.45, 7) is 2.57. The van der Waals surface area contributed by atoms with Crippen LogP contribution in [-0.4, -0.2) is 38.5 Å². The number of carbonyl (C=O) groups is 1. The van der Waals surface area contributed by atoms with Crippen LogP contribution >= 0.6 is 0 Å². The molecular weight excluding hydrogens is 352 g/mol. The van der Waals surface area contributed by atoms with Crippen LogP contribution in [0.25, 0.3) is 11.5 Å². The maximum absolute atomic E-state index is 13.1. The first kappa shape index (κ1) is 17.8. The summed E-state index contributed by atoms with van der Waals surface area (Å²) in [5.74, 6) is 0.544. The number of nitrogen functional groups attached to an aromatic ring is 1. The smallest absolute Gasteiger partial charge is 0.254 e. The monoisotopic (exact) mass is 373 g/mol. The van der Waals surface area contributed by atoms with E-state index in [1.165, 1.54) is 6.21 Å². The second kappa shape index (κ2) is 7.19. The van der Waals surface area contributed by atoms with Crippen LogP contribution < -0.4 is 11.1 Å². The molecule has 0 saturated heterocycles. The Hall–Kier alpha value is -3.61. The van der Waals surface area contributed by atoms with Gasteiger partial charge in [-0.25, -0.2) is 9.97 Å². The Balaban J connectivity index is 1.62. The molecule has 0 bridgehead atoms. The van der Waals surface area contributed by atoms with Crippen LogP contribution in [0, 0.1) is 0 Å². The van der Waals surface area contributed by atoms with Gasteiger partial charge in [0.05, 0.1) is 17.3 Å². The van der Waals surface area contributed by atoms with Crippen LogP contribution in [0.3, 0.4) is 0 Å². The first-order valence-electron chi connectivity index (χ1n) is 9.11. The average Bonchev–Trinajstić information content (AvgIpc) is 2.74. The first-order chi connectivity index (χ1) is 13.6. The minimum Gasteiger partial charge on any atom is -0.398 e. The Bertz CT molecular complexity index is 1050. The fourth-order valence-corrected chi connectivity index (χ4v) is 3.48. The van der Waals surface area contributed by atoms with Gasteiger partial charge in [-0.1, -0.05) is 6.07 Å². The first-order valence-corrected chi connectivity index (χ1v) is 9.11. The van der Waals surface area contributed by atoms with Gasteiger partial charge in [0.15, 0.2) is 12.0 Å². The van der Waals surface area contributed by atoms with Gasteiger partial charge in [-0.15, -0.1) is 0 Å². The van der Waals surface area contributed by atoms with Crippen LogP contribution in [0.1, 0.15) is 40.1 Å². The average molecular weight is 373 g/mol. The molecule has 1 unspecified atom stereocenters. The van der Waals surface area contributed by atoms with Gasteiger partial charge in [0, 0.05) is 42.2 Å². The summed E-state index contributed by atoms with van der Waals surface area (Å²) in [6.07, 6.45) is 5.60. The number of hydrogen-bond donors (Lipinski definition) is 2. The zero-order valence-corrected chi connectivity index (χ0v) is 15.5. The van der Waals surface area contributed by atoms with Crippen LogP contribution in [0.2, 0.25) is 0 Å². The SMILES string of the molecule is CC1c2cnc(-c3ccccn3)nc2CCN1C(=O)c1ccc(N)c(C=[NH2+])c1. The Morgan fingerprint density at radius 2 is 2.14 bits per heavy atom. The van der Waals surface area contributed by atoms with Crippen molar-refractivity contribution in [2.75, 3.05) is 12.3 Å². The summed E-state index contributed by atoms with van der Waals surface area (Å²) in [4.78, 5) is 28.4. The molecule has 140 valence electrons. The number of pyridine rings is 1. The Morgan fingerprint density at radius 3 is 2.89 bits per heavy atom. The highest BCUT2D eigenvalue weighted by Crippen LogP contribution is 2.30. The van der Waals surface area contributed by atoms with E-state index in [4.69, 9.17) is 11.1 Å². The summed E-state index contributed by atoms with van der Waals surface area (Å²) in [5, 5.41) is 5.60. The van der Waals surface area contributed by atoms with Crippen LogP contribution in [0.15, 0.2) is 48.8 Å². The lowest BCUT2D eigenvalue weighted by molar-refractivity contribution is -0.104. The maximum Gasteiger partial charge on any atom is 0.254 e. The zero-order valence-electron chi connectivity index (χ0n) is 15.5. The van der Waals surface area contributed by atoms with Crippen molar-refractivity contribution < 1.29 is 10.2 Å². The van der Waals surface area contributed by atoms with Gasteiger partial charge in [-0.2, -0.15) is 0 Å². The van der Waals surface area contributed by atoms with E-state index in [0.717, 1.165) is 17.0 Å². The number of aromatic nitrogens is 3. The number of amides is 1. The second-order valence-corrected chi connectivity index (χ2v) is 6.75. The number of carbonyl (C=O) groups excluding carboxylic acids is 1. The predicted octanol–water partition coefficient (Wildman–Crippen LogP) is 1.06. The van der Waals surface area contributed by atoms with E-state index in [0.29, 0.717) is 35.6 Å². The van der Waals surface area contributed by atoms with Gasteiger partial charge in [0.2, 0.25) is 0 Å². The van der Waals surface area contributed by atoms with Crippen molar-refractivity contribution in [3.8, 4) is 11.5 Å². The molecule has 1 atom stereocenters. The molecule has 3 aromatic rings. The van der Waals surface area contributed by atoms with Gasteiger partial charge < -0.3 is 10.6 Å². The largest absolute Gasteiger partial charge is 0.398 e. The van der Waals surface area contributed by atoms with Crippen molar-refractivity contribution in [2.45, 2.75) is 19.4 Å². The molecule has 4 N–H and O–H groups in total. The van der Waals surface area contributed by atoms with Crippen LogP contribution in [0.5, 0.6) is 0 Å². The topological polar surface area (TPSA) is 111 Å². The summed E-state index contributed by atoms with van der Waals surface area (Å²) in [7, 11) is 0. The normalized spacial score (nSPS) is 15.8. The molecule has 0 aliphatic carbocycles. The molecule has 0 saturated carbocycles. The fourth-order valence-electron chi connectivity index (χ4n) is 3.48. The summed E-state index contributed by atoms with van der Waals surface area (Å²) in [5.41, 5.74) is 10.3. The van der Waals surface area contributed by atoms with Crippen molar-refractivity contribution >= 4 is 17.8 Å². The number of nitrogens with two attached hydrogens (primary N) is 2. The summed E-state index contributed by atoms with van der Waals surface area (Å²) >= 11 is 0. The third-order valence-electron chi connectivity index (χ3n) is 5.08. The summed E-state index contributed by atoms with van der Waals surface area (Å²) in [6, 6.07) is 10.7. The maximum atomic E-state index is 13.1. The lowest BCUT2D eigenvalue weighted by Gasteiger charge is -2.34. The van der Waals surface area contributed by atoms with Crippen LogP contribution in [0.4, 0.5) is 5.69 Å². The van der Waals surface area contributed by atoms with Gasteiger partial charge >= 0.3 is 0 Å². The van der Waals surface area contributed by atoms with Crippen molar-refractivity contribution in [2.24, 2.45) is 0 Å². The van der Waals surface area contributed by atoms with E-state index >= 15 is 0 Å². The third-order valence-corrected chi connectivity index (χ3v) is 5.08. The molecule has 1 aliphatic rings. The predicted molar refractivity (Wildman–Crippen MR) is 106 cm³/mol. The highest BCUT2D eigenvalue weighted by Gasteiger charge is 2.30. The molecule has 7 nitrogen and oxygen atoms in total. The van der Waals surface area contributed by atoms with Crippen molar-refractivity contribution in [3.05, 3.63) is 71.2 Å². The second-order valence-electron chi connectivity index (χ2n) is 6.75. The summed E-state index contributed by atoms with van der Waals surface area (Å²) < 4.78 is 0. The number of hydrogen-bond acceptors (Lipinski definition) is 5. The standard InChI is InChI=1S/C21H20N6O/c1-13-16-12-25-20(19-4-2-3-8-24-19)26-18(16)7-9-27(13)21(28)14-5-6-17(23)15(10-14)11-22/h2-6,8,10-13,22H,7,9,23H2,1H3/p+1. The van der Waals surface area contributed by atoms with Gasteiger partial charge in [0.1, 0.15) is 5.69 Å². The quantitative estimate of drug-likeness (QED) is 0.527. The van der Waals surface area contributed by atoms with Crippen molar-refractivity contribution in [3.63, 3.8) is 0 Å². The highest BCUT2D eigenvalue weighted by molar-refractivity contribution is 5.97. The number of anilines is 1. The number of fused-ring (bicyclic) bond motifs is 1. The minimum atomic E-state index is -0.128. The number of nitrogens with zero attached hydrogens (tertiary/aromatic N) is 4. The van der Waals surface area contributed by atoms with E-state index in [1.54, 1.807) is 30.6 Å². The molecular formula is C21H21N6O+. The van der Waals surface area contributed by atoms with E-state index in [1.807, 2.05) is 30.0 Å². The van der Waals surface area contributed by atoms with Crippen molar-refractivity contribution in [1.82, 2.24) is 19.9 Å². The van der Waals surface area contributed by atoms with E-state index in [-0.39, 0.29) is 11.9 Å². The Morgan fingerprint density at radius 1 is 1.29 bits per heavy atom. The molecule has 1 aromatic carbocycles. The van der Waals surface area contributed by atoms with Gasteiger partial charge in [0.25, 0.3) is 5.91 Å². The molecule has 3 heterocycles. The van der Waals surface area contributed by atoms with Gasteiger partial charge in [-0.3, -0.25) is 15.2 Å². The lowest BCUT2D eigenvalue weighted by Crippen LogP contribution is -2.39. The molecule has 7 heteroatoms. The van der Waals surface area contributed by atoms with E-state index in [9.17, 15) is 4.79 Å². The molecule has 28 heavy (non-hydrogen) atoms. The lowest BCUT2D eigenvalue weighted by atomic mass is 9.98. The number of benzene rings is 1. The Kier molecular flexibility index (Phi) is 4.57. The van der Waals surface area contributed by atoms with Crippen molar-refractivity contribution in [1.29, 1.82) is 0 Å². The van der Waals surface area contributed by atoms with Crippen LogP contribution in [-0.2, 0) is 6.42 Å². The Labute approximate surface area is 162 Å². The molecule has 1 aliphatic heterocycles. The molecule has 4 rings (SSSR count). The highest BCUT2D eigenvalue weighted by atomic mass is 16.2. The minimum absolute atomic E-state index is 0.0601. The fraction of sp³-hybridized carbons (Fsp3) is 0.190. The molecule has 0 spiro atoms. The third kappa shape index (κ3) is 3.11. The molecule has 0 fully saturated rings. The van der Waals surface area contributed by atoms with E-state index < -0.39 is 0 Å². The number of rotatable bonds is 3.